The van der Waals surface area contributed by atoms with E-state index in [2.05, 4.69) is 20.4 Å². The van der Waals surface area contributed by atoms with Crippen molar-refractivity contribution in [2.45, 2.75) is 39.5 Å². The molecule has 0 heterocycles. The zero-order chi connectivity index (χ0) is 11.4. The zero-order valence-corrected chi connectivity index (χ0v) is 9.81. The van der Waals surface area contributed by atoms with E-state index in [0.29, 0.717) is 5.92 Å². The molecular weight excluding hydrogens is 187 g/mol. The summed E-state index contributed by atoms with van der Waals surface area (Å²) in [4.78, 5) is 0. The summed E-state index contributed by atoms with van der Waals surface area (Å²) in [5.41, 5.74) is 3.12. The van der Waals surface area contributed by atoms with Crippen molar-refractivity contribution >= 4 is 5.57 Å². The quantitative estimate of drug-likeness (QED) is 0.666. The summed E-state index contributed by atoms with van der Waals surface area (Å²) < 4.78 is 13.1. The van der Waals surface area contributed by atoms with Crippen LogP contribution in [0.15, 0.2) is 24.8 Å². The van der Waals surface area contributed by atoms with Crippen molar-refractivity contribution in [1.29, 1.82) is 0 Å². The van der Waals surface area contributed by atoms with E-state index in [1.165, 1.54) is 11.6 Å². The summed E-state index contributed by atoms with van der Waals surface area (Å²) in [6, 6.07) is 5.01. The summed E-state index contributed by atoms with van der Waals surface area (Å²) in [7, 11) is 0. The van der Waals surface area contributed by atoms with Gasteiger partial charge in [-0.25, -0.2) is 4.39 Å². The van der Waals surface area contributed by atoms with Gasteiger partial charge in [0, 0.05) is 0 Å². The standard InChI is InChI=1S/C14H19F/c1-5-6-11(4)13-8-7-12(15)9-14(13)10(2)3/h7-9,11H,2,5-6H2,1,3-4H3. The molecule has 0 saturated carbocycles. The topological polar surface area (TPSA) is 0 Å². The first kappa shape index (κ1) is 12.0. The van der Waals surface area contributed by atoms with Crippen LogP contribution in [0.2, 0.25) is 0 Å². The molecule has 0 amide bonds. The van der Waals surface area contributed by atoms with Crippen LogP contribution in [0.25, 0.3) is 5.57 Å². The second-order valence-electron chi connectivity index (χ2n) is 4.20. The highest BCUT2D eigenvalue weighted by molar-refractivity contribution is 5.65. The Kier molecular flexibility index (Phi) is 4.07. The first-order valence-corrected chi connectivity index (χ1v) is 5.51. The van der Waals surface area contributed by atoms with Crippen LogP contribution < -0.4 is 0 Å². The summed E-state index contributed by atoms with van der Waals surface area (Å²) in [6.07, 6.45) is 2.28. The molecule has 1 aromatic rings. The lowest BCUT2D eigenvalue weighted by Crippen LogP contribution is -1.98. The molecule has 0 radical (unpaired) electrons. The monoisotopic (exact) mass is 206 g/mol. The van der Waals surface area contributed by atoms with Crippen LogP contribution in [0.5, 0.6) is 0 Å². The minimum absolute atomic E-state index is 0.180. The highest BCUT2D eigenvalue weighted by atomic mass is 19.1. The van der Waals surface area contributed by atoms with Crippen molar-refractivity contribution < 1.29 is 4.39 Å². The second-order valence-corrected chi connectivity index (χ2v) is 4.20. The molecule has 1 rings (SSSR count). The van der Waals surface area contributed by atoms with Crippen molar-refractivity contribution in [2.24, 2.45) is 0 Å². The van der Waals surface area contributed by atoms with E-state index in [1.807, 2.05) is 13.0 Å². The lowest BCUT2D eigenvalue weighted by Gasteiger charge is -2.16. The maximum atomic E-state index is 13.1. The highest BCUT2D eigenvalue weighted by Crippen LogP contribution is 2.28. The van der Waals surface area contributed by atoms with Crippen LogP contribution in [0.4, 0.5) is 4.39 Å². The van der Waals surface area contributed by atoms with E-state index in [9.17, 15) is 4.39 Å². The van der Waals surface area contributed by atoms with E-state index in [0.717, 1.165) is 24.0 Å². The molecular formula is C14H19F. The maximum Gasteiger partial charge on any atom is 0.123 e. The van der Waals surface area contributed by atoms with Crippen LogP contribution in [-0.2, 0) is 0 Å². The summed E-state index contributed by atoms with van der Waals surface area (Å²) in [5.74, 6) is 0.294. The molecule has 0 aliphatic carbocycles. The van der Waals surface area contributed by atoms with Crippen LogP contribution in [0.3, 0.4) is 0 Å². The third-order valence-corrected chi connectivity index (χ3v) is 2.73. The Labute approximate surface area is 91.8 Å². The van der Waals surface area contributed by atoms with E-state index in [4.69, 9.17) is 0 Å². The average Bonchev–Trinajstić information content (AvgIpc) is 2.17. The number of hydrogen-bond donors (Lipinski definition) is 0. The molecule has 0 bridgehead atoms. The van der Waals surface area contributed by atoms with Crippen LogP contribution in [0.1, 0.15) is 50.7 Å². The summed E-state index contributed by atoms with van der Waals surface area (Å²) in [5, 5.41) is 0. The number of allylic oxidation sites excluding steroid dienone is 1. The fourth-order valence-corrected chi connectivity index (χ4v) is 1.92. The number of benzene rings is 1. The molecule has 0 aromatic heterocycles. The molecule has 1 unspecified atom stereocenters. The minimum atomic E-state index is -0.180. The normalized spacial score (nSPS) is 12.5. The molecule has 1 heteroatoms. The molecule has 15 heavy (non-hydrogen) atoms. The average molecular weight is 206 g/mol. The number of hydrogen-bond acceptors (Lipinski definition) is 0. The predicted octanol–water partition coefficient (Wildman–Crippen LogP) is 4.76. The van der Waals surface area contributed by atoms with E-state index < -0.39 is 0 Å². The maximum absolute atomic E-state index is 13.1. The second kappa shape index (κ2) is 5.11. The van der Waals surface area contributed by atoms with Crippen LogP contribution in [0, 0.1) is 5.82 Å². The summed E-state index contributed by atoms with van der Waals surface area (Å²) in [6.45, 7) is 10.2. The van der Waals surface area contributed by atoms with Gasteiger partial charge in [-0.15, -0.1) is 0 Å². The minimum Gasteiger partial charge on any atom is -0.207 e. The lowest BCUT2D eigenvalue weighted by molar-refractivity contribution is 0.620. The molecule has 0 spiro atoms. The molecule has 82 valence electrons. The number of halogens is 1. The van der Waals surface area contributed by atoms with E-state index >= 15 is 0 Å². The fourth-order valence-electron chi connectivity index (χ4n) is 1.92. The Balaban J connectivity index is 3.10. The Morgan fingerprint density at radius 3 is 2.67 bits per heavy atom. The first-order chi connectivity index (χ1) is 7.06. The van der Waals surface area contributed by atoms with Gasteiger partial charge in [-0.2, -0.15) is 0 Å². The highest BCUT2D eigenvalue weighted by Gasteiger charge is 2.11. The Hall–Kier alpha value is -1.11. The SMILES string of the molecule is C=C(C)c1cc(F)ccc1C(C)CCC. The smallest absolute Gasteiger partial charge is 0.123 e. The van der Waals surface area contributed by atoms with Crippen molar-refractivity contribution in [3.8, 4) is 0 Å². The van der Waals surface area contributed by atoms with Crippen LogP contribution >= 0.6 is 0 Å². The van der Waals surface area contributed by atoms with Crippen molar-refractivity contribution in [2.75, 3.05) is 0 Å². The van der Waals surface area contributed by atoms with Crippen molar-refractivity contribution in [1.82, 2.24) is 0 Å². The molecule has 1 atom stereocenters. The number of rotatable bonds is 4. The van der Waals surface area contributed by atoms with Crippen molar-refractivity contribution in [3.05, 3.63) is 41.7 Å². The zero-order valence-electron chi connectivity index (χ0n) is 9.81. The Morgan fingerprint density at radius 2 is 2.13 bits per heavy atom. The third kappa shape index (κ3) is 2.92. The first-order valence-electron chi connectivity index (χ1n) is 5.51. The lowest BCUT2D eigenvalue weighted by atomic mass is 9.90. The van der Waals surface area contributed by atoms with Gasteiger partial charge in [0.2, 0.25) is 0 Å². The van der Waals surface area contributed by atoms with Gasteiger partial charge in [0.15, 0.2) is 0 Å². The van der Waals surface area contributed by atoms with Crippen molar-refractivity contribution in [3.63, 3.8) is 0 Å². The van der Waals surface area contributed by atoms with Crippen LogP contribution in [-0.4, -0.2) is 0 Å². The predicted molar refractivity (Wildman–Crippen MR) is 64.4 cm³/mol. The van der Waals surface area contributed by atoms with Gasteiger partial charge >= 0.3 is 0 Å². The largest absolute Gasteiger partial charge is 0.207 e. The molecule has 0 aliphatic heterocycles. The molecule has 0 saturated heterocycles. The van der Waals surface area contributed by atoms with E-state index in [-0.39, 0.29) is 5.82 Å². The van der Waals surface area contributed by atoms with Gasteiger partial charge in [0.25, 0.3) is 0 Å². The molecule has 1 aromatic carbocycles. The molecule has 0 N–H and O–H groups in total. The Bertz CT molecular complexity index is 352. The molecule has 0 nitrogen and oxygen atoms in total. The van der Waals surface area contributed by atoms with Gasteiger partial charge < -0.3 is 0 Å². The molecule has 0 aliphatic rings. The van der Waals surface area contributed by atoms with Gasteiger partial charge in [0.05, 0.1) is 0 Å². The molecule has 0 fully saturated rings. The third-order valence-electron chi connectivity index (χ3n) is 2.73. The van der Waals surface area contributed by atoms with Gasteiger partial charge in [-0.1, -0.05) is 38.5 Å². The van der Waals surface area contributed by atoms with E-state index in [1.54, 1.807) is 6.07 Å². The summed E-state index contributed by atoms with van der Waals surface area (Å²) >= 11 is 0. The van der Waals surface area contributed by atoms with Gasteiger partial charge in [-0.3, -0.25) is 0 Å². The van der Waals surface area contributed by atoms with Gasteiger partial charge in [-0.05, 0) is 42.5 Å². The van der Waals surface area contributed by atoms with Gasteiger partial charge in [0.1, 0.15) is 5.82 Å². The Morgan fingerprint density at radius 1 is 1.47 bits per heavy atom. The fraction of sp³-hybridized carbons (Fsp3) is 0.429.